The first-order chi connectivity index (χ1) is 16.9. The summed E-state index contributed by atoms with van der Waals surface area (Å²) in [4.78, 5) is 15.1. The molecule has 1 fully saturated rings. The van der Waals surface area contributed by atoms with Gasteiger partial charge < -0.3 is 14.1 Å². The number of nitrogens with zero attached hydrogens (tertiary/aromatic N) is 2. The second-order valence-electron chi connectivity index (χ2n) is 8.16. The van der Waals surface area contributed by atoms with Gasteiger partial charge in [-0.3, -0.25) is 4.79 Å². The number of hydrogen-bond acceptors (Lipinski definition) is 6. The van der Waals surface area contributed by atoms with Crippen molar-refractivity contribution in [1.29, 1.82) is 0 Å². The smallest absolute Gasteiger partial charge is 0.243 e. The fraction of sp³-hybridized carbons (Fsp3) is 0.296. The predicted molar refractivity (Wildman–Crippen MR) is 137 cm³/mol. The molecule has 4 rings (SSSR count). The number of allylic oxidation sites excluding steroid dienone is 1. The summed E-state index contributed by atoms with van der Waals surface area (Å²) in [5, 5.41) is 0. The summed E-state index contributed by atoms with van der Waals surface area (Å²) >= 11 is 0. The lowest BCUT2D eigenvalue weighted by molar-refractivity contribution is 0.104. The van der Waals surface area contributed by atoms with Gasteiger partial charge in [-0.2, -0.15) is 4.31 Å². The van der Waals surface area contributed by atoms with Crippen molar-refractivity contribution in [2.45, 2.75) is 18.7 Å². The summed E-state index contributed by atoms with van der Waals surface area (Å²) in [6, 6.07) is 17.8. The molecule has 3 aromatic rings. The number of rotatable bonds is 9. The molecule has 0 unspecified atom stereocenters. The number of sulfonamides is 1. The Morgan fingerprint density at radius 3 is 2.23 bits per heavy atom. The highest BCUT2D eigenvalue weighted by atomic mass is 32.2. The number of furan rings is 1. The molecule has 184 valence electrons. The molecule has 2 heterocycles. The van der Waals surface area contributed by atoms with Crippen LogP contribution in [0.25, 0.3) is 17.4 Å². The molecule has 1 saturated heterocycles. The van der Waals surface area contributed by atoms with Gasteiger partial charge in [0, 0.05) is 43.0 Å². The van der Waals surface area contributed by atoms with Crippen LogP contribution in [0.3, 0.4) is 0 Å². The molecule has 1 aliphatic heterocycles. The number of ether oxygens (including phenoxy) is 1. The van der Waals surface area contributed by atoms with E-state index < -0.39 is 10.0 Å². The maximum atomic E-state index is 12.7. The number of hydrogen-bond donors (Lipinski definition) is 0. The van der Waals surface area contributed by atoms with Crippen LogP contribution in [0.2, 0.25) is 0 Å². The van der Waals surface area contributed by atoms with Crippen LogP contribution in [0.15, 0.2) is 76.1 Å². The molecule has 0 saturated carbocycles. The molecule has 35 heavy (non-hydrogen) atoms. The standard InChI is InChI=1S/C27H30N2O5S/c1-3-29(4-2)35(31,32)25-13-7-22(8-14-25)27-16-12-24(34-27)11-15-26(30)21-5-9-23(10-6-21)28-17-19-33-20-18-28/h5-16H,3-4,17-20H2,1-2H3/b15-11-. The Kier molecular flexibility index (Phi) is 7.85. The van der Waals surface area contributed by atoms with Gasteiger partial charge in [0.1, 0.15) is 11.5 Å². The Bertz CT molecular complexity index is 1270. The number of benzene rings is 2. The van der Waals surface area contributed by atoms with E-state index in [1.807, 2.05) is 38.1 Å². The minimum absolute atomic E-state index is 0.109. The van der Waals surface area contributed by atoms with E-state index in [0.717, 1.165) is 24.3 Å². The lowest BCUT2D eigenvalue weighted by Crippen LogP contribution is -2.36. The normalized spacial score (nSPS) is 14.7. The second kappa shape index (κ2) is 11.0. The SMILES string of the molecule is CCN(CC)S(=O)(=O)c1ccc(-c2ccc(/C=C\C(=O)c3ccc(N4CCOCC4)cc3)o2)cc1. The van der Waals surface area contributed by atoms with Crippen molar-refractivity contribution in [2.75, 3.05) is 44.3 Å². The molecule has 0 atom stereocenters. The Hall–Kier alpha value is -3.20. The van der Waals surface area contributed by atoms with E-state index >= 15 is 0 Å². The average molecular weight is 495 g/mol. The molecular weight excluding hydrogens is 464 g/mol. The van der Waals surface area contributed by atoms with E-state index in [0.29, 0.717) is 43.4 Å². The Morgan fingerprint density at radius 1 is 0.943 bits per heavy atom. The zero-order valence-electron chi connectivity index (χ0n) is 20.0. The van der Waals surface area contributed by atoms with Crippen molar-refractivity contribution in [3.63, 3.8) is 0 Å². The van der Waals surface area contributed by atoms with Gasteiger partial charge in [0.2, 0.25) is 10.0 Å². The van der Waals surface area contributed by atoms with Crippen LogP contribution in [-0.2, 0) is 14.8 Å². The summed E-state index contributed by atoms with van der Waals surface area (Å²) in [5.41, 5.74) is 2.45. The first-order valence-corrected chi connectivity index (χ1v) is 13.2. The third-order valence-corrected chi connectivity index (χ3v) is 8.10. The van der Waals surface area contributed by atoms with Gasteiger partial charge in [0.25, 0.3) is 0 Å². The van der Waals surface area contributed by atoms with Gasteiger partial charge in [0.15, 0.2) is 5.78 Å². The first-order valence-electron chi connectivity index (χ1n) is 11.8. The van der Waals surface area contributed by atoms with E-state index in [2.05, 4.69) is 4.90 Å². The summed E-state index contributed by atoms with van der Waals surface area (Å²) in [6.45, 7) is 7.61. The summed E-state index contributed by atoms with van der Waals surface area (Å²) in [7, 11) is -3.50. The topological polar surface area (TPSA) is 80.1 Å². The molecule has 0 spiro atoms. The zero-order valence-corrected chi connectivity index (χ0v) is 20.8. The maximum absolute atomic E-state index is 12.7. The Morgan fingerprint density at radius 2 is 1.60 bits per heavy atom. The lowest BCUT2D eigenvalue weighted by Gasteiger charge is -2.28. The minimum Gasteiger partial charge on any atom is -0.457 e. The highest BCUT2D eigenvalue weighted by Crippen LogP contribution is 2.25. The minimum atomic E-state index is -3.50. The molecular formula is C27H30N2O5S. The molecule has 1 aromatic heterocycles. The van der Waals surface area contributed by atoms with Crippen molar-refractivity contribution < 1.29 is 22.4 Å². The van der Waals surface area contributed by atoms with Crippen LogP contribution in [0.5, 0.6) is 0 Å². The number of carbonyl (C=O) groups is 1. The number of carbonyl (C=O) groups excluding carboxylic acids is 1. The quantitative estimate of drug-likeness (QED) is 0.317. The van der Waals surface area contributed by atoms with Gasteiger partial charge in [-0.25, -0.2) is 8.42 Å². The molecule has 0 aliphatic carbocycles. The summed E-state index contributed by atoms with van der Waals surface area (Å²) in [6.07, 6.45) is 3.13. The summed E-state index contributed by atoms with van der Waals surface area (Å²) in [5.74, 6) is 1.03. The van der Waals surface area contributed by atoms with Crippen molar-refractivity contribution in [3.05, 3.63) is 78.1 Å². The first kappa shape index (κ1) is 24.9. The Balaban J connectivity index is 1.41. The monoisotopic (exact) mass is 494 g/mol. The fourth-order valence-corrected chi connectivity index (χ4v) is 5.47. The molecule has 0 radical (unpaired) electrons. The van der Waals surface area contributed by atoms with E-state index in [1.54, 1.807) is 42.5 Å². The van der Waals surface area contributed by atoms with Crippen LogP contribution in [0.4, 0.5) is 5.69 Å². The highest BCUT2D eigenvalue weighted by molar-refractivity contribution is 7.89. The van der Waals surface area contributed by atoms with Gasteiger partial charge in [0.05, 0.1) is 18.1 Å². The number of morpholine rings is 1. The van der Waals surface area contributed by atoms with E-state index in [4.69, 9.17) is 9.15 Å². The van der Waals surface area contributed by atoms with Crippen molar-refractivity contribution >= 4 is 27.6 Å². The fourth-order valence-electron chi connectivity index (χ4n) is 4.01. The van der Waals surface area contributed by atoms with E-state index in [-0.39, 0.29) is 10.7 Å². The van der Waals surface area contributed by atoms with Gasteiger partial charge in [-0.15, -0.1) is 0 Å². The molecule has 0 N–H and O–H groups in total. The van der Waals surface area contributed by atoms with Crippen molar-refractivity contribution in [2.24, 2.45) is 0 Å². The van der Waals surface area contributed by atoms with Crippen molar-refractivity contribution in [1.82, 2.24) is 4.31 Å². The predicted octanol–water partition coefficient (Wildman–Crippen LogP) is 4.71. The van der Waals surface area contributed by atoms with Crippen LogP contribution >= 0.6 is 0 Å². The molecule has 0 bridgehead atoms. The number of anilines is 1. The third-order valence-electron chi connectivity index (χ3n) is 6.04. The van der Waals surface area contributed by atoms with Gasteiger partial charge in [-0.05, 0) is 72.8 Å². The molecule has 8 heteroatoms. The van der Waals surface area contributed by atoms with Crippen LogP contribution in [0.1, 0.15) is 30.0 Å². The largest absolute Gasteiger partial charge is 0.457 e. The lowest BCUT2D eigenvalue weighted by atomic mass is 10.1. The average Bonchev–Trinajstić information content (AvgIpc) is 3.38. The second-order valence-corrected chi connectivity index (χ2v) is 10.1. The Labute approximate surface area is 206 Å². The molecule has 2 aromatic carbocycles. The number of ketones is 1. The zero-order chi connectivity index (χ0) is 24.8. The highest BCUT2D eigenvalue weighted by Gasteiger charge is 2.21. The van der Waals surface area contributed by atoms with Crippen LogP contribution in [-0.4, -0.2) is 57.9 Å². The molecule has 1 aliphatic rings. The molecule has 7 nitrogen and oxygen atoms in total. The van der Waals surface area contributed by atoms with Crippen molar-refractivity contribution in [3.8, 4) is 11.3 Å². The van der Waals surface area contributed by atoms with Crippen LogP contribution < -0.4 is 4.90 Å². The molecule has 0 amide bonds. The maximum Gasteiger partial charge on any atom is 0.243 e. The van der Waals surface area contributed by atoms with E-state index in [9.17, 15) is 13.2 Å². The van der Waals surface area contributed by atoms with Gasteiger partial charge in [-0.1, -0.05) is 13.8 Å². The summed E-state index contributed by atoms with van der Waals surface area (Å²) < 4.78 is 38.0. The van der Waals surface area contributed by atoms with Crippen LogP contribution in [0, 0.1) is 0 Å². The van der Waals surface area contributed by atoms with E-state index in [1.165, 1.54) is 10.4 Å². The third kappa shape index (κ3) is 5.73. The van der Waals surface area contributed by atoms with Gasteiger partial charge >= 0.3 is 0 Å².